The minimum absolute atomic E-state index is 0. The van der Waals surface area contributed by atoms with E-state index >= 15 is 0 Å². The van der Waals surface area contributed by atoms with Crippen molar-refractivity contribution in [3.63, 3.8) is 0 Å². The fraction of sp³-hybridized carbons (Fsp3) is 0.170. The Bertz CT molecular complexity index is 2990. The number of benzene rings is 4. The van der Waals surface area contributed by atoms with Crippen LogP contribution in [0.3, 0.4) is 0 Å². The van der Waals surface area contributed by atoms with E-state index in [0.29, 0.717) is 34.4 Å². The maximum Gasteiger partial charge on any atom is 0.255 e. The number of likely N-dealkylation sites (N-methyl/N-ethyl adjacent to an activating group) is 1. The number of hydrogen-bond donors (Lipinski definition) is 4. The first-order chi connectivity index (χ1) is 32.6. The number of pyridine rings is 2. The highest BCUT2D eigenvalue weighted by Gasteiger charge is 2.29. The molecule has 68 heavy (non-hydrogen) atoms. The van der Waals surface area contributed by atoms with E-state index in [4.69, 9.17) is 0 Å². The van der Waals surface area contributed by atoms with Gasteiger partial charge in [0, 0.05) is 107 Å². The fourth-order valence-corrected chi connectivity index (χ4v) is 8.00. The summed E-state index contributed by atoms with van der Waals surface area (Å²) >= 11 is 0. The predicted molar refractivity (Wildman–Crippen MR) is 263 cm³/mol. The van der Waals surface area contributed by atoms with Crippen LogP contribution < -0.4 is 33.7 Å². The van der Waals surface area contributed by atoms with Gasteiger partial charge in [-0.25, -0.2) is 19.9 Å². The van der Waals surface area contributed by atoms with E-state index in [1.165, 1.54) is 5.56 Å². The number of aromatic nitrogens is 6. The van der Waals surface area contributed by atoms with Crippen molar-refractivity contribution in [3.8, 4) is 22.5 Å². The van der Waals surface area contributed by atoms with E-state index in [1.54, 1.807) is 37.2 Å². The molecule has 1 aliphatic heterocycles. The molecule has 4 N–H and O–H groups in total. The van der Waals surface area contributed by atoms with Crippen LogP contribution in [-0.2, 0) is 13.1 Å². The second-order valence-corrected chi connectivity index (χ2v) is 17.1. The molecule has 342 valence electrons. The summed E-state index contributed by atoms with van der Waals surface area (Å²) in [5.74, 6) is 0.550. The van der Waals surface area contributed by atoms with Gasteiger partial charge in [-0.3, -0.25) is 24.5 Å². The summed E-state index contributed by atoms with van der Waals surface area (Å²) in [6.45, 7) is 9.59. The summed E-state index contributed by atoms with van der Waals surface area (Å²) in [5.41, 5.74) is 11.7. The number of halogens is 1. The van der Waals surface area contributed by atoms with Crippen LogP contribution in [0.1, 0.15) is 43.0 Å². The molecule has 4 aromatic heterocycles. The zero-order chi connectivity index (χ0) is 46.2. The van der Waals surface area contributed by atoms with Gasteiger partial charge in [0.15, 0.2) is 0 Å². The highest BCUT2D eigenvalue weighted by Crippen LogP contribution is 2.27. The van der Waals surface area contributed by atoms with Crippen molar-refractivity contribution in [3.05, 3.63) is 192 Å². The lowest BCUT2D eigenvalue weighted by molar-refractivity contribution is -0.926. The minimum Gasteiger partial charge on any atom is -1.00 e. The molecular weight excluding hydrogens is 872 g/mol. The van der Waals surface area contributed by atoms with E-state index in [0.717, 1.165) is 94.3 Å². The first-order valence-corrected chi connectivity index (χ1v) is 22.2. The normalized spacial score (nSPS) is 13.2. The Hall–Kier alpha value is -7.91. The SMILES string of the molecule is Cc1ccc(NC(=O)c2ccc(C[N+]3(C)CCN(Cc4ccc(C(=O)Nc5ccc(C)c(Nc6nccc(-c7cccnc7)n6)c5)cc4)CC3)cc2)cc1Nc1ncc(-c2ccccn2)cn1.[Cl-]. The second kappa shape index (κ2) is 21.2. The van der Waals surface area contributed by atoms with Crippen molar-refractivity contribution in [2.75, 3.05) is 54.5 Å². The van der Waals surface area contributed by atoms with Crippen molar-refractivity contribution >= 4 is 46.5 Å². The lowest BCUT2D eigenvalue weighted by Gasteiger charge is -2.42. The number of anilines is 6. The highest BCUT2D eigenvalue weighted by molar-refractivity contribution is 6.05. The van der Waals surface area contributed by atoms with Crippen LogP contribution >= 0.6 is 0 Å². The number of nitrogens with one attached hydrogen (secondary N) is 4. The molecule has 5 heterocycles. The maximum absolute atomic E-state index is 13.3. The van der Waals surface area contributed by atoms with Gasteiger partial charge in [0.1, 0.15) is 6.54 Å². The van der Waals surface area contributed by atoms with Gasteiger partial charge in [0.05, 0.1) is 31.5 Å². The van der Waals surface area contributed by atoms with Crippen LogP contribution in [-0.4, -0.2) is 84.3 Å². The summed E-state index contributed by atoms with van der Waals surface area (Å²) in [5, 5.41) is 12.7. The van der Waals surface area contributed by atoms with Crippen LogP contribution in [0.15, 0.2) is 159 Å². The smallest absolute Gasteiger partial charge is 0.255 e. The van der Waals surface area contributed by atoms with Gasteiger partial charge in [-0.1, -0.05) is 42.5 Å². The molecule has 8 aromatic rings. The molecule has 0 spiro atoms. The number of rotatable bonds is 14. The molecule has 0 bridgehead atoms. The quantitative estimate of drug-likeness (QED) is 0.0886. The van der Waals surface area contributed by atoms with Gasteiger partial charge in [0.25, 0.3) is 11.8 Å². The van der Waals surface area contributed by atoms with Gasteiger partial charge in [-0.2, -0.15) is 0 Å². The number of carbonyl (C=O) groups is 2. The number of carbonyl (C=O) groups excluding carboxylic acids is 2. The van der Waals surface area contributed by atoms with Crippen LogP contribution in [0.25, 0.3) is 22.5 Å². The fourth-order valence-electron chi connectivity index (χ4n) is 8.00. The molecule has 0 radical (unpaired) electrons. The zero-order valence-electron chi connectivity index (χ0n) is 38.0. The number of nitrogens with zero attached hydrogens (tertiary/aromatic N) is 8. The molecular formula is C53H51ClN12O2. The minimum atomic E-state index is -0.180. The average molecular weight is 924 g/mol. The molecule has 0 unspecified atom stereocenters. The van der Waals surface area contributed by atoms with E-state index in [1.807, 2.05) is 123 Å². The standard InChI is InChI=1S/C53H50N12O2.ClH/c1-36-9-19-44(29-48(36)62-52-57-32-43(33-58-52)46-8-4-5-23-55-46)59-51(67)41-17-13-39(14-18-41)35-65(3)27-25-64(26-28-65)34-38-11-15-40(16-12-38)50(66)60-45-20-10-37(2)49(30-45)63-53-56-24-21-47(61-53)42-7-6-22-54-31-42;/h4-24,29-33H,25-28,34-35H2,1-3H3,(H3-,55,56,57,58,59,60,61,62,63,66,67);1H. The van der Waals surface area contributed by atoms with Crippen molar-refractivity contribution in [1.82, 2.24) is 34.8 Å². The molecule has 1 aliphatic rings. The third-order valence-electron chi connectivity index (χ3n) is 12.0. The van der Waals surface area contributed by atoms with Gasteiger partial charge in [-0.15, -0.1) is 0 Å². The largest absolute Gasteiger partial charge is 1.00 e. The molecule has 0 saturated carbocycles. The van der Waals surface area contributed by atoms with Gasteiger partial charge < -0.3 is 38.2 Å². The van der Waals surface area contributed by atoms with E-state index in [-0.39, 0.29) is 24.2 Å². The Morgan fingerprint density at radius 2 is 1.21 bits per heavy atom. The maximum atomic E-state index is 13.3. The molecule has 4 aromatic carbocycles. The monoisotopic (exact) mass is 922 g/mol. The van der Waals surface area contributed by atoms with Crippen LogP contribution in [0.5, 0.6) is 0 Å². The van der Waals surface area contributed by atoms with Gasteiger partial charge in [0.2, 0.25) is 11.9 Å². The molecule has 0 atom stereocenters. The van der Waals surface area contributed by atoms with Crippen molar-refractivity contribution < 1.29 is 26.5 Å². The van der Waals surface area contributed by atoms with Crippen LogP contribution in [0.4, 0.5) is 34.6 Å². The Labute approximate surface area is 402 Å². The number of amides is 2. The van der Waals surface area contributed by atoms with E-state index < -0.39 is 0 Å². The Morgan fingerprint density at radius 3 is 1.79 bits per heavy atom. The highest BCUT2D eigenvalue weighted by atomic mass is 35.5. The number of quaternary nitrogens is 1. The average Bonchev–Trinajstić information content (AvgIpc) is 3.35. The molecule has 1 fully saturated rings. The summed E-state index contributed by atoms with van der Waals surface area (Å²) < 4.78 is 0.914. The topological polar surface area (TPSA) is 163 Å². The third kappa shape index (κ3) is 11.7. The van der Waals surface area contributed by atoms with Gasteiger partial charge in [-0.05, 0) is 109 Å². The van der Waals surface area contributed by atoms with Crippen molar-refractivity contribution in [2.45, 2.75) is 26.9 Å². The molecule has 9 rings (SSSR count). The molecule has 15 heteroatoms. The number of piperazine rings is 1. The van der Waals surface area contributed by atoms with E-state index in [9.17, 15) is 9.59 Å². The Morgan fingerprint density at radius 1 is 0.588 bits per heavy atom. The lowest BCUT2D eigenvalue weighted by Crippen LogP contribution is -3.00. The number of hydrogen-bond acceptors (Lipinski definition) is 11. The van der Waals surface area contributed by atoms with Crippen LogP contribution in [0.2, 0.25) is 0 Å². The molecule has 2 amide bonds. The zero-order valence-corrected chi connectivity index (χ0v) is 38.8. The summed E-state index contributed by atoms with van der Waals surface area (Å²) in [7, 11) is 2.30. The predicted octanol–water partition coefficient (Wildman–Crippen LogP) is 6.47. The molecule has 0 aliphatic carbocycles. The first kappa shape index (κ1) is 46.6. The third-order valence-corrected chi connectivity index (χ3v) is 12.0. The summed E-state index contributed by atoms with van der Waals surface area (Å²) in [6, 6.07) is 38.6. The number of aryl methyl sites for hydroxylation is 2. The van der Waals surface area contributed by atoms with Crippen molar-refractivity contribution in [1.29, 1.82) is 0 Å². The van der Waals surface area contributed by atoms with Gasteiger partial charge >= 0.3 is 0 Å². The Balaban J connectivity index is 0.00000625. The van der Waals surface area contributed by atoms with E-state index in [2.05, 4.69) is 75.3 Å². The summed E-state index contributed by atoms with van der Waals surface area (Å²) in [4.78, 5) is 55.7. The van der Waals surface area contributed by atoms with Crippen LogP contribution in [0, 0.1) is 13.8 Å². The molecule has 14 nitrogen and oxygen atoms in total. The Kier molecular flexibility index (Phi) is 14.5. The van der Waals surface area contributed by atoms with Crippen molar-refractivity contribution in [2.24, 2.45) is 0 Å². The second-order valence-electron chi connectivity index (χ2n) is 17.1. The summed E-state index contributed by atoms with van der Waals surface area (Å²) in [6.07, 6.45) is 10.4. The molecule has 1 saturated heterocycles. The lowest BCUT2D eigenvalue weighted by atomic mass is 10.1. The first-order valence-electron chi connectivity index (χ1n) is 22.2.